The molecule has 0 N–H and O–H groups in total. The first-order valence-corrected chi connectivity index (χ1v) is 21.7. The first-order chi connectivity index (χ1) is 23.4. The van der Waals surface area contributed by atoms with E-state index in [2.05, 4.69) is 61.5 Å². The third-order valence-corrected chi connectivity index (χ3v) is 13.0. The molecule has 4 aliphatic carbocycles. The monoisotopic (exact) mass is 687 g/mol. The highest BCUT2D eigenvalue weighted by Crippen LogP contribution is 2.67. The molecule has 0 amide bonds. The standard InChI is InChI=1S/C33H56O.C7H14O2.C4H10.C2H6/c1-23(2)9-7-8-10-26-13-16-30-29-15-12-27-21-25(22-28(34)14-11-24(3)4)17-19-33(27,6)31(29)18-20-32(26,30)5;1-3-5-7(8)6-9-4-2;1-3-4-2;1-2/h12,23-26,29-31H,7-11,13-22H2,1-6H3;3-6H2,1-2H3;3-4H2,1-2H3;1-2H3. The van der Waals surface area contributed by atoms with Crippen molar-refractivity contribution < 1.29 is 14.3 Å². The Hall–Kier alpha value is -0.960. The third-order valence-electron chi connectivity index (χ3n) is 13.0. The summed E-state index contributed by atoms with van der Waals surface area (Å²) >= 11 is 0. The summed E-state index contributed by atoms with van der Waals surface area (Å²) in [7, 11) is 0. The summed E-state index contributed by atoms with van der Waals surface area (Å²) in [5.41, 5.74) is 2.80. The number of carbonyl (C=O) groups is 2. The summed E-state index contributed by atoms with van der Waals surface area (Å²) in [4.78, 5) is 23.3. The topological polar surface area (TPSA) is 43.4 Å². The van der Waals surface area contributed by atoms with Crippen LogP contribution in [0.3, 0.4) is 0 Å². The summed E-state index contributed by atoms with van der Waals surface area (Å²) < 4.78 is 4.90. The van der Waals surface area contributed by atoms with E-state index in [0.717, 1.165) is 55.3 Å². The minimum absolute atomic E-state index is 0.208. The second kappa shape index (κ2) is 24.3. The number of Topliss-reactive ketones (excluding diaryl/α,β-unsaturated/α-hetero) is 2. The Bertz CT molecular complexity index is 931. The number of fused-ring (bicyclic) bond motifs is 5. The van der Waals surface area contributed by atoms with Gasteiger partial charge in [0.25, 0.3) is 0 Å². The van der Waals surface area contributed by atoms with E-state index < -0.39 is 0 Å². The second-order valence-electron chi connectivity index (χ2n) is 17.5. The molecule has 49 heavy (non-hydrogen) atoms. The Kier molecular flexibility index (Phi) is 22.9. The fraction of sp³-hybridized carbons (Fsp3) is 0.913. The zero-order chi connectivity index (χ0) is 37.0. The lowest BCUT2D eigenvalue weighted by Crippen LogP contribution is -2.50. The fourth-order valence-corrected chi connectivity index (χ4v) is 9.88. The maximum Gasteiger partial charge on any atom is 0.158 e. The molecule has 3 nitrogen and oxygen atoms in total. The van der Waals surface area contributed by atoms with E-state index in [0.29, 0.717) is 48.1 Å². The smallest absolute Gasteiger partial charge is 0.158 e. The van der Waals surface area contributed by atoms with Gasteiger partial charge in [-0.1, -0.05) is 120 Å². The van der Waals surface area contributed by atoms with Crippen LogP contribution < -0.4 is 0 Å². The average Bonchev–Trinajstić information content (AvgIpc) is 3.42. The van der Waals surface area contributed by atoms with Gasteiger partial charge >= 0.3 is 0 Å². The van der Waals surface area contributed by atoms with Crippen LogP contribution in [0.25, 0.3) is 0 Å². The van der Waals surface area contributed by atoms with Gasteiger partial charge in [0, 0.05) is 25.9 Å². The Balaban J connectivity index is 0.000000675. The normalized spacial score (nSPS) is 29.9. The van der Waals surface area contributed by atoms with Gasteiger partial charge in [0.05, 0.1) is 0 Å². The van der Waals surface area contributed by atoms with E-state index >= 15 is 0 Å². The van der Waals surface area contributed by atoms with Gasteiger partial charge in [0.1, 0.15) is 12.4 Å². The second-order valence-corrected chi connectivity index (χ2v) is 17.5. The van der Waals surface area contributed by atoms with Crippen LogP contribution in [-0.2, 0) is 14.3 Å². The minimum Gasteiger partial charge on any atom is -0.374 e. The van der Waals surface area contributed by atoms with Crippen molar-refractivity contribution in [1.82, 2.24) is 0 Å². The molecule has 0 bridgehead atoms. The van der Waals surface area contributed by atoms with Crippen LogP contribution in [0.1, 0.15) is 205 Å². The van der Waals surface area contributed by atoms with Crippen molar-refractivity contribution >= 4 is 11.6 Å². The lowest BCUT2D eigenvalue weighted by molar-refractivity contribution is -0.123. The van der Waals surface area contributed by atoms with Crippen molar-refractivity contribution in [3.05, 3.63) is 11.6 Å². The fourth-order valence-electron chi connectivity index (χ4n) is 9.88. The molecule has 288 valence electrons. The van der Waals surface area contributed by atoms with Crippen LogP contribution in [0.4, 0.5) is 0 Å². The Labute approximate surface area is 307 Å². The number of carbonyl (C=O) groups excluding carboxylic acids is 2. The zero-order valence-corrected chi connectivity index (χ0v) is 35.2. The lowest BCUT2D eigenvalue weighted by atomic mass is 9.46. The maximum absolute atomic E-state index is 12.6. The zero-order valence-electron chi connectivity index (χ0n) is 35.2. The van der Waals surface area contributed by atoms with E-state index in [-0.39, 0.29) is 5.78 Å². The molecule has 7 atom stereocenters. The van der Waals surface area contributed by atoms with Crippen molar-refractivity contribution in [1.29, 1.82) is 0 Å². The van der Waals surface area contributed by atoms with Crippen LogP contribution in [0.15, 0.2) is 11.6 Å². The number of hydrogen-bond acceptors (Lipinski definition) is 3. The van der Waals surface area contributed by atoms with E-state index in [1.54, 1.807) is 5.57 Å². The molecule has 3 saturated carbocycles. The molecule has 4 rings (SSSR count). The SMILES string of the molecule is CC.CC(C)CCCCC1CCC2C3CC=C4CC(CC(=O)CCC(C)C)CCC4(C)C3CCC12C.CCCC.CCCC(=O)COCC. The van der Waals surface area contributed by atoms with Crippen molar-refractivity contribution in [2.24, 2.45) is 52.3 Å². The summed E-state index contributed by atoms with van der Waals surface area (Å²) in [5.74, 6) is 6.63. The number of ether oxygens (including phenoxy) is 1. The lowest BCUT2D eigenvalue weighted by Gasteiger charge is -2.58. The third kappa shape index (κ3) is 14.5. The van der Waals surface area contributed by atoms with Crippen LogP contribution in [0.5, 0.6) is 0 Å². The first-order valence-electron chi connectivity index (χ1n) is 21.7. The summed E-state index contributed by atoms with van der Waals surface area (Å²) in [6.45, 7) is 27.7. The molecule has 0 radical (unpaired) electrons. The van der Waals surface area contributed by atoms with Gasteiger partial charge in [0.15, 0.2) is 5.78 Å². The van der Waals surface area contributed by atoms with Gasteiger partial charge in [-0.2, -0.15) is 0 Å². The highest BCUT2D eigenvalue weighted by molar-refractivity contribution is 5.79. The number of ketones is 2. The molecule has 0 saturated heterocycles. The van der Waals surface area contributed by atoms with E-state index in [1.165, 1.54) is 89.9 Å². The van der Waals surface area contributed by atoms with Crippen molar-refractivity contribution in [2.75, 3.05) is 13.2 Å². The van der Waals surface area contributed by atoms with Crippen LogP contribution in [0.2, 0.25) is 0 Å². The van der Waals surface area contributed by atoms with Gasteiger partial charge in [-0.05, 0) is 130 Å². The molecule has 0 aromatic rings. The molecule has 0 aromatic carbocycles. The van der Waals surface area contributed by atoms with Gasteiger partial charge in [-0.15, -0.1) is 0 Å². The number of unbranched alkanes of at least 4 members (excludes halogenated alkanes) is 2. The molecule has 3 fully saturated rings. The molecule has 0 spiro atoms. The van der Waals surface area contributed by atoms with Crippen LogP contribution in [0, 0.1) is 52.3 Å². The predicted octanol–water partition coefficient (Wildman–Crippen LogP) is 14.0. The largest absolute Gasteiger partial charge is 0.374 e. The van der Waals surface area contributed by atoms with Gasteiger partial charge in [0.2, 0.25) is 0 Å². The number of allylic oxidation sites excluding steroid dienone is 2. The highest BCUT2D eigenvalue weighted by Gasteiger charge is 2.58. The number of rotatable bonds is 16. The Morgan fingerprint density at radius 1 is 0.796 bits per heavy atom. The predicted molar refractivity (Wildman–Crippen MR) is 214 cm³/mol. The Morgan fingerprint density at radius 2 is 1.47 bits per heavy atom. The molecule has 0 aromatic heterocycles. The summed E-state index contributed by atoms with van der Waals surface area (Å²) in [5, 5.41) is 0. The quantitative estimate of drug-likeness (QED) is 0.120. The minimum atomic E-state index is 0.208. The highest BCUT2D eigenvalue weighted by atomic mass is 16.5. The van der Waals surface area contributed by atoms with Crippen LogP contribution >= 0.6 is 0 Å². The van der Waals surface area contributed by atoms with Gasteiger partial charge in [-0.3, -0.25) is 9.59 Å². The molecule has 7 unspecified atom stereocenters. The van der Waals surface area contributed by atoms with E-state index in [1.807, 2.05) is 27.7 Å². The molecule has 0 heterocycles. The van der Waals surface area contributed by atoms with Gasteiger partial charge < -0.3 is 4.74 Å². The number of hydrogen-bond donors (Lipinski definition) is 0. The summed E-state index contributed by atoms with van der Waals surface area (Å²) in [6, 6.07) is 0. The van der Waals surface area contributed by atoms with Crippen LogP contribution in [-0.4, -0.2) is 24.8 Å². The molecule has 4 aliphatic rings. The van der Waals surface area contributed by atoms with Gasteiger partial charge in [-0.25, -0.2) is 0 Å². The van der Waals surface area contributed by atoms with Crippen molar-refractivity contribution in [3.63, 3.8) is 0 Å². The van der Waals surface area contributed by atoms with Crippen molar-refractivity contribution in [3.8, 4) is 0 Å². The van der Waals surface area contributed by atoms with Crippen molar-refractivity contribution in [2.45, 2.75) is 205 Å². The first kappa shape index (κ1) is 46.1. The summed E-state index contributed by atoms with van der Waals surface area (Å²) in [6.07, 6.45) is 26.5. The van der Waals surface area contributed by atoms with E-state index in [4.69, 9.17) is 4.74 Å². The maximum atomic E-state index is 12.6. The Morgan fingerprint density at radius 3 is 2.06 bits per heavy atom. The molecule has 3 heteroatoms. The molecular weight excluding hydrogens is 601 g/mol. The average molecular weight is 687 g/mol. The molecule has 0 aliphatic heterocycles. The molecular formula is C46H86O3. The van der Waals surface area contributed by atoms with E-state index in [9.17, 15) is 9.59 Å².